The summed E-state index contributed by atoms with van der Waals surface area (Å²) in [5.74, 6) is -1.15. The Hall–Kier alpha value is -1.17. The molecular formula is C8H15NO4. The molecule has 0 saturated heterocycles. The Kier molecular flexibility index (Phi) is 9.86. The average Bonchev–Trinajstić information content (AvgIpc) is 2.04. The van der Waals surface area contributed by atoms with Crippen molar-refractivity contribution in [2.45, 2.75) is 6.29 Å². The number of hydrogen-bond donors (Lipinski definition) is 2. The Morgan fingerprint density at radius 3 is 1.92 bits per heavy atom. The molecule has 76 valence electrons. The van der Waals surface area contributed by atoms with Gasteiger partial charge in [0.05, 0.1) is 13.2 Å². The van der Waals surface area contributed by atoms with Crippen LogP contribution in [0.2, 0.25) is 0 Å². The van der Waals surface area contributed by atoms with Crippen molar-refractivity contribution in [1.29, 1.82) is 0 Å². The van der Waals surface area contributed by atoms with E-state index in [1.807, 2.05) is 0 Å². The SMILES string of the molecule is C=CCOC(OCC=C)C(=O)O.N. The van der Waals surface area contributed by atoms with Crippen LogP contribution >= 0.6 is 0 Å². The second kappa shape index (κ2) is 8.92. The molecule has 0 radical (unpaired) electrons. The van der Waals surface area contributed by atoms with E-state index in [2.05, 4.69) is 13.2 Å². The van der Waals surface area contributed by atoms with Crippen LogP contribution in [0.25, 0.3) is 0 Å². The summed E-state index contributed by atoms with van der Waals surface area (Å²) in [5, 5.41) is 8.51. The molecule has 0 aromatic heterocycles. The standard InChI is InChI=1S/C8H12O4.H3N/c1-3-5-11-8(7(9)10)12-6-4-2;/h3-4,8H,1-2,5-6H2,(H,9,10);1H3. The monoisotopic (exact) mass is 189 g/mol. The molecule has 0 amide bonds. The van der Waals surface area contributed by atoms with Crippen molar-refractivity contribution < 1.29 is 19.4 Å². The first kappa shape index (κ1) is 14.4. The van der Waals surface area contributed by atoms with E-state index >= 15 is 0 Å². The van der Waals surface area contributed by atoms with E-state index in [9.17, 15) is 4.79 Å². The molecule has 0 aliphatic heterocycles. The van der Waals surface area contributed by atoms with Crippen LogP contribution in [-0.2, 0) is 14.3 Å². The van der Waals surface area contributed by atoms with Crippen molar-refractivity contribution in [3.05, 3.63) is 25.3 Å². The lowest BCUT2D eigenvalue weighted by molar-refractivity contribution is -0.184. The van der Waals surface area contributed by atoms with Gasteiger partial charge in [0.15, 0.2) is 0 Å². The van der Waals surface area contributed by atoms with Crippen molar-refractivity contribution >= 4 is 5.97 Å². The van der Waals surface area contributed by atoms with Gasteiger partial charge in [-0.15, -0.1) is 13.2 Å². The Morgan fingerprint density at radius 1 is 1.31 bits per heavy atom. The molecule has 5 heteroatoms. The lowest BCUT2D eigenvalue weighted by atomic mass is 10.6. The van der Waals surface area contributed by atoms with E-state index < -0.39 is 12.3 Å². The first-order valence-corrected chi connectivity index (χ1v) is 3.40. The molecule has 0 aromatic carbocycles. The number of carboxylic acids is 1. The molecule has 0 bridgehead atoms. The maximum Gasteiger partial charge on any atom is 0.361 e. The van der Waals surface area contributed by atoms with Crippen molar-refractivity contribution in [3.8, 4) is 0 Å². The van der Waals surface area contributed by atoms with Crippen LogP contribution in [0.4, 0.5) is 0 Å². The van der Waals surface area contributed by atoms with Gasteiger partial charge in [0.2, 0.25) is 0 Å². The van der Waals surface area contributed by atoms with Crippen molar-refractivity contribution in [2.75, 3.05) is 13.2 Å². The number of carbonyl (C=O) groups is 1. The molecule has 0 saturated carbocycles. The van der Waals surface area contributed by atoms with E-state index in [1.54, 1.807) is 0 Å². The summed E-state index contributed by atoms with van der Waals surface area (Å²) in [6.45, 7) is 7.05. The quantitative estimate of drug-likeness (QED) is 0.460. The highest BCUT2D eigenvalue weighted by Gasteiger charge is 2.16. The fourth-order valence-corrected chi connectivity index (χ4v) is 0.502. The topological polar surface area (TPSA) is 90.8 Å². The van der Waals surface area contributed by atoms with Gasteiger partial charge in [0.1, 0.15) is 0 Å². The van der Waals surface area contributed by atoms with Gasteiger partial charge in [-0.1, -0.05) is 12.2 Å². The zero-order chi connectivity index (χ0) is 9.40. The summed E-state index contributed by atoms with van der Waals surface area (Å²) in [6, 6.07) is 0. The number of hydrogen-bond acceptors (Lipinski definition) is 4. The lowest BCUT2D eigenvalue weighted by Gasteiger charge is -2.11. The van der Waals surface area contributed by atoms with E-state index in [1.165, 1.54) is 12.2 Å². The van der Waals surface area contributed by atoms with E-state index in [0.717, 1.165) is 0 Å². The van der Waals surface area contributed by atoms with Crippen molar-refractivity contribution in [1.82, 2.24) is 6.15 Å². The van der Waals surface area contributed by atoms with E-state index in [-0.39, 0.29) is 19.4 Å². The zero-order valence-electron chi connectivity index (χ0n) is 7.44. The molecule has 13 heavy (non-hydrogen) atoms. The van der Waals surface area contributed by atoms with Gasteiger partial charge < -0.3 is 20.7 Å². The Bertz CT molecular complexity index is 158. The number of rotatable bonds is 7. The third-order valence-corrected chi connectivity index (χ3v) is 0.933. The van der Waals surface area contributed by atoms with Crippen molar-refractivity contribution in [2.24, 2.45) is 0 Å². The molecule has 4 N–H and O–H groups in total. The Balaban J connectivity index is 0. The number of carboxylic acid groups (broad SMARTS) is 1. The third kappa shape index (κ3) is 7.20. The average molecular weight is 189 g/mol. The molecule has 0 unspecified atom stereocenters. The van der Waals surface area contributed by atoms with Crippen LogP contribution in [-0.4, -0.2) is 30.6 Å². The molecule has 0 aromatic rings. The molecule has 0 aliphatic rings. The molecule has 0 rings (SSSR count). The molecule has 0 spiro atoms. The fraction of sp³-hybridized carbons (Fsp3) is 0.375. The van der Waals surface area contributed by atoms with Crippen LogP contribution in [0.1, 0.15) is 0 Å². The fourth-order valence-electron chi connectivity index (χ4n) is 0.502. The maximum absolute atomic E-state index is 10.4. The van der Waals surface area contributed by atoms with Gasteiger partial charge in [0.25, 0.3) is 6.29 Å². The normalized spacial score (nSPS) is 9.00. The van der Waals surface area contributed by atoms with Gasteiger partial charge in [-0.2, -0.15) is 0 Å². The molecule has 0 aliphatic carbocycles. The molecule has 0 heterocycles. The summed E-state index contributed by atoms with van der Waals surface area (Å²) in [6.07, 6.45) is 1.67. The summed E-state index contributed by atoms with van der Waals surface area (Å²) in [4.78, 5) is 10.4. The smallest absolute Gasteiger partial charge is 0.361 e. The van der Waals surface area contributed by atoms with Gasteiger partial charge >= 0.3 is 5.97 Å². The van der Waals surface area contributed by atoms with Crippen LogP contribution in [0, 0.1) is 0 Å². The summed E-state index contributed by atoms with van der Waals surface area (Å²) < 4.78 is 9.53. The van der Waals surface area contributed by atoms with Crippen LogP contribution < -0.4 is 6.15 Å². The highest BCUT2D eigenvalue weighted by atomic mass is 16.7. The van der Waals surface area contributed by atoms with Gasteiger partial charge in [-0.25, -0.2) is 4.79 Å². The minimum atomic E-state index is -1.24. The predicted octanol–water partition coefficient (Wildman–Crippen LogP) is 0.964. The van der Waals surface area contributed by atoms with Crippen molar-refractivity contribution in [3.63, 3.8) is 0 Å². The van der Waals surface area contributed by atoms with Crippen LogP contribution in [0.5, 0.6) is 0 Å². The lowest BCUT2D eigenvalue weighted by Crippen LogP contribution is -2.27. The maximum atomic E-state index is 10.4. The highest BCUT2D eigenvalue weighted by Crippen LogP contribution is 1.95. The predicted molar refractivity (Wildman–Crippen MR) is 48.7 cm³/mol. The minimum Gasteiger partial charge on any atom is -0.477 e. The zero-order valence-corrected chi connectivity index (χ0v) is 7.44. The first-order valence-electron chi connectivity index (χ1n) is 3.40. The summed E-state index contributed by atoms with van der Waals surface area (Å²) >= 11 is 0. The Morgan fingerprint density at radius 2 is 1.69 bits per heavy atom. The van der Waals surface area contributed by atoms with Crippen LogP contribution in [0.15, 0.2) is 25.3 Å². The van der Waals surface area contributed by atoms with Crippen LogP contribution in [0.3, 0.4) is 0 Å². The van der Waals surface area contributed by atoms with Gasteiger partial charge in [-0.3, -0.25) is 0 Å². The number of aliphatic carboxylic acids is 1. The molecule has 0 fully saturated rings. The van der Waals surface area contributed by atoms with E-state index in [4.69, 9.17) is 14.6 Å². The molecule has 5 nitrogen and oxygen atoms in total. The second-order valence-corrected chi connectivity index (χ2v) is 1.91. The third-order valence-electron chi connectivity index (χ3n) is 0.933. The molecular weight excluding hydrogens is 174 g/mol. The largest absolute Gasteiger partial charge is 0.477 e. The first-order chi connectivity index (χ1) is 5.72. The number of ether oxygens (including phenoxy) is 2. The highest BCUT2D eigenvalue weighted by molar-refractivity contribution is 5.70. The Labute approximate surface area is 77.2 Å². The molecule has 0 atom stereocenters. The second-order valence-electron chi connectivity index (χ2n) is 1.91. The summed E-state index contributed by atoms with van der Waals surface area (Å²) in [5.41, 5.74) is 0. The summed E-state index contributed by atoms with van der Waals surface area (Å²) in [7, 11) is 0. The van der Waals surface area contributed by atoms with E-state index in [0.29, 0.717) is 0 Å². The minimum absolute atomic E-state index is 0. The van der Waals surface area contributed by atoms with Gasteiger partial charge in [0, 0.05) is 0 Å². The van der Waals surface area contributed by atoms with Gasteiger partial charge in [-0.05, 0) is 0 Å².